The number of allylic oxidation sites excluding steroid dienone is 7. The van der Waals surface area contributed by atoms with Gasteiger partial charge in [-0.2, -0.15) is 0 Å². The fourth-order valence-electron chi connectivity index (χ4n) is 5.96. The van der Waals surface area contributed by atoms with Gasteiger partial charge in [0.05, 0.1) is 39.9 Å². The van der Waals surface area contributed by atoms with E-state index >= 15 is 0 Å². The van der Waals surface area contributed by atoms with Gasteiger partial charge in [-0.25, -0.2) is 0 Å². The molecule has 0 aromatic carbocycles. The quantitative estimate of drug-likeness (QED) is 0.0278. The van der Waals surface area contributed by atoms with Crippen LogP contribution in [0.1, 0.15) is 181 Å². The van der Waals surface area contributed by atoms with Gasteiger partial charge in [0.1, 0.15) is 13.2 Å². The molecule has 0 aliphatic heterocycles. The van der Waals surface area contributed by atoms with Crippen LogP contribution in [0, 0.1) is 0 Å². The molecule has 1 unspecified atom stereocenters. The smallest absolute Gasteiger partial charge is 0.268 e. The number of quaternary nitrogens is 1. The lowest BCUT2D eigenvalue weighted by molar-refractivity contribution is -0.870. The van der Waals surface area contributed by atoms with Crippen molar-refractivity contribution in [3.05, 3.63) is 48.6 Å². The number of nitrogens with zero attached hydrogens (tertiary/aromatic N) is 1. The summed E-state index contributed by atoms with van der Waals surface area (Å²) in [6.07, 6.45) is 45.8. The minimum atomic E-state index is -4.60. The maximum Gasteiger partial charge on any atom is 0.268 e. The molecule has 9 heteroatoms. The topological polar surface area (TPSA) is 108 Å². The van der Waals surface area contributed by atoms with Crippen molar-refractivity contribution in [2.24, 2.45) is 0 Å². The second kappa shape index (κ2) is 37.1. The van der Waals surface area contributed by atoms with E-state index in [1.165, 1.54) is 96.3 Å². The molecule has 0 saturated carbocycles. The van der Waals surface area contributed by atoms with Crippen LogP contribution < -0.4 is 10.2 Å². The molecule has 2 N–H and O–H groups in total. The van der Waals surface area contributed by atoms with Crippen molar-refractivity contribution in [3.8, 4) is 0 Å². The van der Waals surface area contributed by atoms with Crippen LogP contribution in [0.3, 0.4) is 0 Å². The molecule has 0 aliphatic rings. The fourth-order valence-corrected chi connectivity index (χ4v) is 6.68. The van der Waals surface area contributed by atoms with Gasteiger partial charge in [-0.1, -0.05) is 159 Å². The van der Waals surface area contributed by atoms with E-state index in [2.05, 4.69) is 55.6 Å². The number of phosphoric ester groups is 1. The van der Waals surface area contributed by atoms with Crippen molar-refractivity contribution in [2.45, 2.75) is 193 Å². The summed E-state index contributed by atoms with van der Waals surface area (Å²) in [6.45, 7) is 4.57. The fraction of sp³-hybridized carbons (Fsp3) is 0.800. The molecule has 0 aromatic heterocycles. The molecular formula is C45H85N2O6P. The van der Waals surface area contributed by atoms with Crippen molar-refractivity contribution < 1.29 is 32.9 Å². The van der Waals surface area contributed by atoms with Crippen molar-refractivity contribution in [2.75, 3.05) is 40.9 Å². The van der Waals surface area contributed by atoms with E-state index in [9.17, 15) is 19.4 Å². The van der Waals surface area contributed by atoms with Gasteiger partial charge in [-0.15, -0.1) is 0 Å². The Morgan fingerprint density at radius 3 is 1.65 bits per heavy atom. The molecule has 54 heavy (non-hydrogen) atoms. The molecule has 0 fully saturated rings. The highest BCUT2D eigenvalue weighted by Gasteiger charge is 2.23. The zero-order chi connectivity index (χ0) is 40.0. The average molecular weight is 781 g/mol. The predicted molar refractivity (Wildman–Crippen MR) is 228 cm³/mol. The number of aliphatic hydroxyl groups is 1. The van der Waals surface area contributed by atoms with Crippen LogP contribution >= 0.6 is 7.82 Å². The SMILES string of the molecule is CCCCC/C=C/C/C=C/CCCCCCCC(=O)N[C@@H](COP(=O)([O-])OCC[N+](C)(C)C)[C@H](O)/C=C/CC/C=C/CCCCCCCCCCCCC. The minimum Gasteiger partial charge on any atom is -0.756 e. The predicted octanol–water partition coefficient (Wildman–Crippen LogP) is 11.4. The number of unbranched alkanes of at least 4 members (excludes halogenated alkanes) is 20. The second-order valence-electron chi connectivity index (χ2n) is 16.0. The van der Waals surface area contributed by atoms with Gasteiger partial charge in [0.2, 0.25) is 5.91 Å². The van der Waals surface area contributed by atoms with Crippen LogP contribution in [0.5, 0.6) is 0 Å². The summed E-state index contributed by atoms with van der Waals surface area (Å²) < 4.78 is 23.2. The number of likely N-dealkylation sites (N-methyl/N-ethyl adjacent to an activating group) is 1. The number of hydrogen-bond acceptors (Lipinski definition) is 6. The van der Waals surface area contributed by atoms with E-state index in [1.54, 1.807) is 6.08 Å². The normalized spacial score (nSPS) is 14.9. The molecule has 0 spiro atoms. The zero-order valence-corrected chi connectivity index (χ0v) is 36.6. The van der Waals surface area contributed by atoms with Gasteiger partial charge in [0, 0.05) is 6.42 Å². The summed E-state index contributed by atoms with van der Waals surface area (Å²) in [4.78, 5) is 25.3. The maximum absolute atomic E-state index is 12.8. The van der Waals surface area contributed by atoms with Crippen LogP contribution in [0.25, 0.3) is 0 Å². The molecule has 316 valence electrons. The Hall–Kier alpha value is -1.54. The molecule has 0 heterocycles. The molecule has 8 nitrogen and oxygen atoms in total. The first-order valence-electron chi connectivity index (χ1n) is 22.0. The number of rotatable bonds is 39. The molecule has 1 amide bonds. The highest BCUT2D eigenvalue weighted by atomic mass is 31.2. The standard InChI is InChI=1S/C45H85N2O6P/c1-6-8-10-12-14-16-18-20-22-23-25-26-28-30-32-34-36-38-44(48)43(42-53-54(50,51)52-41-40-47(3,4)5)46-45(49)39-37-35-33-31-29-27-24-21-19-17-15-13-11-9-7-2/h15,17,21,24,28,30,36,38,43-44,48H,6-14,16,18-20,22-23,25-27,29,31-35,37,39-42H2,1-5H3,(H-,46,49,50,51)/b17-15+,24-21+,30-28+,38-36+/t43-,44+/m0/s1. The number of amides is 1. The monoisotopic (exact) mass is 781 g/mol. The number of hydrogen-bond donors (Lipinski definition) is 2. The van der Waals surface area contributed by atoms with Gasteiger partial charge in [-0.05, 0) is 64.2 Å². The summed E-state index contributed by atoms with van der Waals surface area (Å²) in [5, 5.41) is 13.7. The Bertz CT molecular complexity index is 1020. The summed E-state index contributed by atoms with van der Waals surface area (Å²) in [7, 11) is 1.23. The number of carbonyl (C=O) groups is 1. The maximum atomic E-state index is 12.8. The van der Waals surface area contributed by atoms with Gasteiger partial charge >= 0.3 is 0 Å². The summed E-state index contributed by atoms with van der Waals surface area (Å²) in [6, 6.07) is -0.910. The van der Waals surface area contributed by atoms with Gasteiger partial charge in [-0.3, -0.25) is 9.36 Å². The van der Waals surface area contributed by atoms with Crippen molar-refractivity contribution in [3.63, 3.8) is 0 Å². The van der Waals surface area contributed by atoms with E-state index in [0.29, 0.717) is 17.4 Å². The molecule has 0 bridgehead atoms. The van der Waals surface area contributed by atoms with E-state index < -0.39 is 26.6 Å². The minimum absolute atomic E-state index is 0.0106. The average Bonchev–Trinajstić information content (AvgIpc) is 3.12. The number of carbonyl (C=O) groups excluding carboxylic acids is 1. The van der Waals surface area contributed by atoms with Crippen LogP contribution in [0.4, 0.5) is 0 Å². The Morgan fingerprint density at radius 1 is 0.648 bits per heavy atom. The molecule has 0 aliphatic carbocycles. The first kappa shape index (κ1) is 52.5. The summed E-state index contributed by atoms with van der Waals surface area (Å²) in [5.74, 6) is -0.223. The van der Waals surface area contributed by atoms with Gasteiger partial charge < -0.3 is 28.8 Å². The molecule has 0 radical (unpaired) electrons. The lowest BCUT2D eigenvalue weighted by atomic mass is 10.1. The van der Waals surface area contributed by atoms with Crippen LogP contribution in [-0.2, 0) is 18.4 Å². The second-order valence-corrected chi connectivity index (χ2v) is 17.4. The summed E-state index contributed by atoms with van der Waals surface area (Å²) in [5.41, 5.74) is 0. The van der Waals surface area contributed by atoms with Crippen LogP contribution in [0.15, 0.2) is 48.6 Å². The lowest BCUT2D eigenvalue weighted by Gasteiger charge is -2.29. The van der Waals surface area contributed by atoms with Gasteiger partial charge in [0.25, 0.3) is 7.82 Å². The first-order valence-corrected chi connectivity index (χ1v) is 23.5. The van der Waals surface area contributed by atoms with Crippen LogP contribution in [-0.4, -0.2) is 68.5 Å². The third kappa shape index (κ3) is 38.7. The van der Waals surface area contributed by atoms with E-state index in [0.717, 1.165) is 64.2 Å². The summed E-state index contributed by atoms with van der Waals surface area (Å²) >= 11 is 0. The van der Waals surface area contributed by atoms with Crippen molar-refractivity contribution in [1.82, 2.24) is 5.32 Å². The molecule has 0 aromatic rings. The zero-order valence-electron chi connectivity index (χ0n) is 35.7. The third-order valence-corrected chi connectivity index (χ3v) is 10.5. The first-order chi connectivity index (χ1) is 26.0. The Labute approximate surface area is 333 Å². The Kier molecular flexibility index (Phi) is 36.0. The lowest BCUT2D eigenvalue weighted by Crippen LogP contribution is -2.45. The third-order valence-electron chi connectivity index (χ3n) is 9.51. The van der Waals surface area contributed by atoms with E-state index in [4.69, 9.17) is 9.05 Å². The van der Waals surface area contributed by atoms with Crippen molar-refractivity contribution >= 4 is 13.7 Å². The van der Waals surface area contributed by atoms with Gasteiger partial charge in [0.15, 0.2) is 0 Å². The van der Waals surface area contributed by atoms with E-state index in [1.807, 2.05) is 27.2 Å². The molecule has 0 rings (SSSR count). The molecule has 3 atom stereocenters. The highest BCUT2D eigenvalue weighted by Crippen LogP contribution is 2.38. The van der Waals surface area contributed by atoms with Crippen molar-refractivity contribution in [1.29, 1.82) is 0 Å². The Morgan fingerprint density at radius 2 is 1.09 bits per heavy atom. The molecular weight excluding hydrogens is 695 g/mol. The van der Waals surface area contributed by atoms with E-state index in [-0.39, 0.29) is 12.5 Å². The number of nitrogens with one attached hydrogen (secondary N) is 1. The number of aliphatic hydroxyl groups excluding tert-OH is 1. The number of phosphoric acid groups is 1. The largest absolute Gasteiger partial charge is 0.756 e. The molecule has 0 saturated heterocycles. The van der Waals surface area contributed by atoms with Crippen LogP contribution in [0.2, 0.25) is 0 Å². The highest BCUT2D eigenvalue weighted by molar-refractivity contribution is 7.45. The Balaban J connectivity index is 4.53.